The highest BCUT2D eigenvalue weighted by molar-refractivity contribution is 5.29. The molecule has 0 fully saturated rings. The number of nitrogens with two attached hydrogens (primary N) is 1. The van der Waals surface area contributed by atoms with Gasteiger partial charge in [-0.15, -0.1) is 6.42 Å². The van der Waals surface area contributed by atoms with Crippen LogP contribution in [0.2, 0.25) is 0 Å². The first-order chi connectivity index (χ1) is 7.69. The van der Waals surface area contributed by atoms with Crippen molar-refractivity contribution in [3.05, 3.63) is 29.8 Å². The quantitative estimate of drug-likeness (QED) is 0.614. The summed E-state index contributed by atoms with van der Waals surface area (Å²) in [5, 5.41) is 19.0. The monoisotopic (exact) mass is 221 g/mol. The maximum Gasteiger partial charge on any atom is 0.148 e. The molecule has 0 bridgehead atoms. The smallest absolute Gasteiger partial charge is 0.148 e. The Bertz CT molecular complexity index is 356. The topological polar surface area (TPSA) is 75.7 Å². The fraction of sp³-hybridized carbons (Fsp3) is 0.333. The zero-order chi connectivity index (χ0) is 12.0. The summed E-state index contributed by atoms with van der Waals surface area (Å²) < 4.78 is 5.17. The molecule has 0 heterocycles. The number of terminal acetylenes is 1. The van der Waals surface area contributed by atoms with Gasteiger partial charge >= 0.3 is 0 Å². The van der Waals surface area contributed by atoms with E-state index in [0.29, 0.717) is 11.3 Å². The number of rotatable bonds is 5. The van der Waals surface area contributed by atoms with Crippen LogP contribution in [0.4, 0.5) is 0 Å². The van der Waals surface area contributed by atoms with E-state index < -0.39 is 12.2 Å². The summed E-state index contributed by atoms with van der Waals surface area (Å²) in [6.07, 6.45) is 3.11. The second kappa shape index (κ2) is 6.13. The van der Waals surface area contributed by atoms with Crippen molar-refractivity contribution in [1.82, 2.24) is 0 Å². The van der Waals surface area contributed by atoms with Crippen molar-refractivity contribution in [2.24, 2.45) is 5.73 Å². The molecule has 4 heteroatoms. The lowest BCUT2D eigenvalue weighted by Crippen LogP contribution is -2.27. The third kappa shape index (κ3) is 3.24. The Labute approximate surface area is 94.7 Å². The Morgan fingerprint density at radius 2 is 1.94 bits per heavy atom. The summed E-state index contributed by atoms with van der Waals surface area (Å²) in [5.74, 6) is 2.97. The molecule has 2 unspecified atom stereocenters. The van der Waals surface area contributed by atoms with Gasteiger partial charge in [-0.05, 0) is 17.7 Å². The van der Waals surface area contributed by atoms with Crippen molar-refractivity contribution in [3.8, 4) is 18.1 Å². The molecule has 0 saturated heterocycles. The van der Waals surface area contributed by atoms with Crippen molar-refractivity contribution >= 4 is 0 Å². The first kappa shape index (κ1) is 12.5. The molecule has 0 aromatic heterocycles. The van der Waals surface area contributed by atoms with Gasteiger partial charge in [0.05, 0.1) is 6.10 Å². The second-order valence-electron chi connectivity index (χ2n) is 3.31. The van der Waals surface area contributed by atoms with Crippen LogP contribution in [0, 0.1) is 12.3 Å². The van der Waals surface area contributed by atoms with Crippen molar-refractivity contribution in [3.63, 3.8) is 0 Å². The molecule has 0 radical (unpaired) electrons. The van der Waals surface area contributed by atoms with Gasteiger partial charge in [0.15, 0.2) is 0 Å². The first-order valence-electron chi connectivity index (χ1n) is 4.91. The van der Waals surface area contributed by atoms with Crippen LogP contribution in [0.1, 0.15) is 11.7 Å². The molecule has 0 amide bonds. The average molecular weight is 221 g/mol. The molecule has 0 saturated carbocycles. The number of aliphatic hydroxyl groups is 2. The van der Waals surface area contributed by atoms with Gasteiger partial charge in [-0.25, -0.2) is 0 Å². The van der Waals surface area contributed by atoms with E-state index in [1.54, 1.807) is 24.3 Å². The number of hydrogen-bond donors (Lipinski definition) is 3. The van der Waals surface area contributed by atoms with Crippen molar-refractivity contribution < 1.29 is 14.9 Å². The minimum Gasteiger partial charge on any atom is -0.481 e. The molecule has 1 rings (SSSR count). The van der Waals surface area contributed by atoms with Gasteiger partial charge in [0.1, 0.15) is 18.5 Å². The van der Waals surface area contributed by atoms with Crippen molar-refractivity contribution in [2.75, 3.05) is 13.2 Å². The van der Waals surface area contributed by atoms with Crippen LogP contribution in [0.25, 0.3) is 0 Å². The van der Waals surface area contributed by atoms with Crippen LogP contribution in [-0.2, 0) is 0 Å². The lowest BCUT2D eigenvalue weighted by Gasteiger charge is -2.16. The van der Waals surface area contributed by atoms with Crippen LogP contribution in [0.5, 0.6) is 5.75 Å². The third-order valence-corrected chi connectivity index (χ3v) is 2.15. The normalized spacial score (nSPS) is 13.9. The van der Waals surface area contributed by atoms with Crippen molar-refractivity contribution in [1.29, 1.82) is 0 Å². The molecule has 16 heavy (non-hydrogen) atoms. The second-order valence-corrected chi connectivity index (χ2v) is 3.31. The van der Waals surface area contributed by atoms with E-state index in [1.165, 1.54) is 0 Å². The highest BCUT2D eigenvalue weighted by atomic mass is 16.5. The molecule has 0 aliphatic heterocycles. The minimum atomic E-state index is -0.980. The molecule has 4 N–H and O–H groups in total. The van der Waals surface area contributed by atoms with Crippen LogP contribution < -0.4 is 10.5 Å². The minimum absolute atomic E-state index is 0.0104. The molecule has 0 aliphatic carbocycles. The zero-order valence-corrected chi connectivity index (χ0v) is 8.84. The van der Waals surface area contributed by atoms with Gasteiger partial charge in [-0.3, -0.25) is 0 Å². The summed E-state index contributed by atoms with van der Waals surface area (Å²) in [7, 11) is 0. The lowest BCUT2D eigenvalue weighted by atomic mass is 10.0. The maximum absolute atomic E-state index is 9.65. The van der Waals surface area contributed by atoms with E-state index in [9.17, 15) is 10.2 Å². The van der Waals surface area contributed by atoms with E-state index in [-0.39, 0.29) is 13.2 Å². The van der Waals surface area contributed by atoms with Crippen LogP contribution in [0.15, 0.2) is 24.3 Å². The summed E-state index contributed by atoms with van der Waals surface area (Å²) in [6.45, 7) is 0.212. The van der Waals surface area contributed by atoms with Crippen molar-refractivity contribution in [2.45, 2.75) is 12.2 Å². The van der Waals surface area contributed by atoms with Crippen LogP contribution in [-0.4, -0.2) is 29.5 Å². The standard InChI is InChI=1S/C12H15NO3/c1-2-7-16-10-5-3-9(4-6-10)12(15)11(14)8-13/h1,3-6,11-12,14-15H,7-8,13H2. The molecular formula is C12H15NO3. The first-order valence-corrected chi connectivity index (χ1v) is 4.91. The van der Waals surface area contributed by atoms with Gasteiger partial charge in [-0.2, -0.15) is 0 Å². The fourth-order valence-electron chi connectivity index (χ4n) is 1.24. The summed E-state index contributed by atoms with van der Waals surface area (Å²) >= 11 is 0. The van der Waals surface area contributed by atoms with Gasteiger partial charge in [0.2, 0.25) is 0 Å². The number of ether oxygens (including phenoxy) is 1. The SMILES string of the molecule is C#CCOc1ccc(C(O)C(O)CN)cc1. The third-order valence-electron chi connectivity index (χ3n) is 2.15. The predicted octanol–water partition coefficient (Wildman–Crippen LogP) is 0.0516. The Hall–Kier alpha value is -1.54. The molecule has 1 aromatic carbocycles. The Morgan fingerprint density at radius 3 is 2.44 bits per heavy atom. The molecule has 86 valence electrons. The van der Waals surface area contributed by atoms with E-state index in [0.717, 1.165) is 0 Å². The largest absolute Gasteiger partial charge is 0.481 e. The van der Waals surface area contributed by atoms with Crippen LogP contribution >= 0.6 is 0 Å². The average Bonchev–Trinajstić information content (AvgIpc) is 2.35. The van der Waals surface area contributed by atoms with E-state index in [1.807, 2.05) is 0 Å². The molecule has 0 spiro atoms. The molecular weight excluding hydrogens is 206 g/mol. The van der Waals surface area contributed by atoms with E-state index in [4.69, 9.17) is 16.9 Å². The maximum atomic E-state index is 9.65. The molecule has 0 aliphatic rings. The fourth-order valence-corrected chi connectivity index (χ4v) is 1.24. The summed E-state index contributed by atoms with van der Waals surface area (Å²) in [6, 6.07) is 6.68. The number of benzene rings is 1. The molecule has 2 atom stereocenters. The highest BCUT2D eigenvalue weighted by Crippen LogP contribution is 2.19. The Morgan fingerprint density at radius 1 is 1.31 bits per heavy atom. The highest BCUT2D eigenvalue weighted by Gasteiger charge is 2.16. The van der Waals surface area contributed by atoms with Gasteiger partial charge in [0.25, 0.3) is 0 Å². The number of hydrogen-bond acceptors (Lipinski definition) is 4. The van der Waals surface area contributed by atoms with E-state index >= 15 is 0 Å². The van der Waals surface area contributed by atoms with Gasteiger partial charge in [-0.1, -0.05) is 18.1 Å². The zero-order valence-electron chi connectivity index (χ0n) is 8.84. The molecule has 4 nitrogen and oxygen atoms in total. The Balaban J connectivity index is 2.67. The van der Waals surface area contributed by atoms with Gasteiger partial charge in [0, 0.05) is 6.54 Å². The Kier molecular flexibility index (Phi) is 4.80. The number of aliphatic hydroxyl groups excluding tert-OH is 2. The summed E-state index contributed by atoms with van der Waals surface area (Å²) in [4.78, 5) is 0. The van der Waals surface area contributed by atoms with Gasteiger partial charge < -0.3 is 20.7 Å². The summed E-state index contributed by atoms with van der Waals surface area (Å²) in [5.41, 5.74) is 5.84. The van der Waals surface area contributed by atoms with Crippen LogP contribution in [0.3, 0.4) is 0 Å². The van der Waals surface area contributed by atoms with E-state index in [2.05, 4.69) is 5.92 Å². The predicted molar refractivity (Wildman–Crippen MR) is 60.8 cm³/mol. The lowest BCUT2D eigenvalue weighted by molar-refractivity contribution is 0.0243. The molecule has 1 aromatic rings.